The SMILES string of the molecule is C=CCOC(=O)C1C(=O)CCc2cocc21. The molecule has 0 saturated carbocycles. The number of fused-ring (bicyclic) bond motifs is 1. The predicted octanol–water partition coefficient (Wildman–Crippen LogP) is 1.61. The van der Waals surface area contributed by atoms with Crippen molar-refractivity contribution in [2.45, 2.75) is 18.8 Å². The van der Waals surface area contributed by atoms with Crippen LogP contribution in [0.3, 0.4) is 0 Å². The molecular weight excluding hydrogens is 208 g/mol. The van der Waals surface area contributed by atoms with Gasteiger partial charge in [-0.1, -0.05) is 12.7 Å². The number of ether oxygens (including phenoxy) is 1. The normalized spacial score (nSPS) is 19.0. The number of hydrogen-bond donors (Lipinski definition) is 0. The van der Waals surface area contributed by atoms with Crippen LogP contribution in [0, 0.1) is 0 Å². The molecular formula is C12H12O4. The quantitative estimate of drug-likeness (QED) is 0.441. The molecule has 1 heterocycles. The van der Waals surface area contributed by atoms with E-state index in [0.717, 1.165) is 5.56 Å². The average Bonchev–Trinajstić information content (AvgIpc) is 2.73. The van der Waals surface area contributed by atoms with Crippen molar-refractivity contribution in [3.05, 3.63) is 36.3 Å². The highest BCUT2D eigenvalue weighted by Crippen LogP contribution is 2.30. The lowest BCUT2D eigenvalue weighted by atomic mass is 9.84. The second-order valence-corrected chi connectivity index (χ2v) is 3.67. The molecule has 1 aromatic heterocycles. The van der Waals surface area contributed by atoms with Crippen molar-refractivity contribution in [3.8, 4) is 0 Å². The van der Waals surface area contributed by atoms with Crippen molar-refractivity contribution in [1.29, 1.82) is 0 Å². The third kappa shape index (κ3) is 1.78. The first-order valence-corrected chi connectivity index (χ1v) is 5.09. The highest BCUT2D eigenvalue weighted by Gasteiger charge is 2.35. The van der Waals surface area contributed by atoms with E-state index >= 15 is 0 Å². The van der Waals surface area contributed by atoms with Crippen molar-refractivity contribution < 1.29 is 18.7 Å². The molecule has 1 aliphatic rings. The van der Waals surface area contributed by atoms with E-state index in [0.29, 0.717) is 18.4 Å². The van der Waals surface area contributed by atoms with Crippen LogP contribution in [0.15, 0.2) is 29.6 Å². The van der Waals surface area contributed by atoms with Gasteiger partial charge in [-0.05, 0) is 12.0 Å². The molecule has 0 radical (unpaired) electrons. The molecule has 0 N–H and O–H groups in total. The lowest BCUT2D eigenvalue weighted by Crippen LogP contribution is -2.28. The molecule has 84 valence electrons. The smallest absolute Gasteiger partial charge is 0.321 e. The van der Waals surface area contributed by atoms with Gasteiger partial charge in [0, 0.05) is 12.0 Å². The summed E-state index contributed by atoms with van der Waals surface area (Å²) < 4.78 is 9.93. The second-order valence-electron chi connectivity index (χ2n) is 3.67. The first-order chi connectivity index (χ1) is 7.74. The van der Waals surface area contributed by atoms with Crippen LogP contribution >= 0.6 is 0 Å². The molecule has 0 bridgehead atoms. The maximum atomic E-state index is 11.7. The molecule has 0 saturated heterocycles. The summed E-state index contributed by atoms with van der Waals surface area (Å²) in [6, 6.07) is 0. The zero-order valence-electron chi connectivity index (χ0n) is 8.77. The summed E-state index contributed by atoms with van der Waals surface area (Å²) in [5.41, 5.74) is 1.56. The number of hydrogen-bond acceptors (Lipinski definition) is 4. The lowest BCUT2D eigenvalue weighted by molar-refractivity contribution is -0.147. The largest absolute Gasteiger partial charge is 0.472 e. The predicted molar refractivity (Wildman–Crippen MR) is 55.9 cm³/mol. The van der Waals surface area contributed by atoms with Crippen LogP contribution in [0.4, 0.5) is 0 Å². The van der Waals surface area contributed by atoms with Gasteiger partial charge in [-0.2, -0.15) is 0 Å². The Morgan fingerprint density at radius 3 is 3.12 bits per heavy atom. The fraction of sp³-hybridized carbons (Fsp3) is 0.333. The Hall–Kier alpha value is -1.84. The molecule has 1 aromatic rings. The monoisotopic (exact) mass is 220 g/mol. The highest BCUT2D eigenvalue weighted by atomic mass is 16.5. The minimum atomic E-state index is -0.817. The molecule has 0 fully saturated rings. The van der Waals surface area contributed by atoms with E-state index in [1.807, 2.05) is 0 Å². The van der Waals surface area contributed by atoms with Crippen LogP contribution in [-0.2, 0) is 20.7 Å². The van der Waals surface area contributed by atoms with Crippen molar-refractivity contribution in [2.75, 3.05) is 6.61 Å². The van der Waals surface area contributed by atoms with Crippen LogP contribution in [0.5, 0.6) is 0 Å². The zero-order valence-corrected chi connectivity index (χ0v) is 8.77. The van der Waals surface area contributed by atoms with E-state index in [4.69, 9.17) is 9.15 Å². The number of esters is 1. The minimum Gasteiger partial charge on any atom is -0.472 e. The first kappa shape index (κ1) is 10.7. The highest BCUT2D eigenvalue weighted by molar-refractivity contribution is 6.05. The van der Waals surface area contributed by atoms with Gasteiger partial charge in [0.2, 0.25) is 0 Å². The molecule has 1 unspecified atom stereocenters. The van der Waals surface area contributed by atoms with Gasteiger partial charge >= 0.3 is 5.97 Å². The summed E-state index contributed by atoms with van der Waals surface area (Å²) in [6.45, 7) is 3.57. The second kappa shape index (κ2) is 4.35. The Morgan fingerprint density at radius 1 is 1.56 bits per heavy atom. The van der Waals surface area contributed by atoms with Gasteiger partial charge in [0.05, 0.1) is 12.5 Å². The van der Waals surface area contributed by atoms with Crippen molar-refractivity contribution >= 4 is 11.8 Å². The van der Waals surface area contributed by atoms with Crippen LogP contribution < -0.4 is 0 Å². The molecule has 1 aliphatic carbocycles. The summed E-state index contributed by atoms with van der Waals surface area (Å²) in [7, 11) is 0. The van der Waals surface area contributed by atoms with Crippen molar-refractivity contribution in [2.24, 2.45) is 0 Å². The molecule has 1 atom stereocenters. The molecule has 0 amide bonds. The summed E-state index contributed by atoms with van der Waals surface area (Å²) in [5.74, 6) is -1.45. The molecule has 4 heteroatoms. The van der Waals surface area contributed by atoms with E-state index < -0.39 is 11.9 Å². The first-order valence-electron chi connectivity index (χ1n) is 5.09. The van der Waals surface area contributed by atoms with Gasteiger partial charge in [0.25, 0.3) is 0 Å². The fourth-order valence-corrected chi connectivity index (χ4v) is 1.85. The third-order valence-electron chi connectivity index (χ3n) is 2.63. The Kier molecular flexibility index (Phi) is 2.90. The van der Waals surface area contributed by atoms with Gasteiger partial charge in [0.1, 0.15) is 12.5 Å². The van der Waals surface area contributed by atoms with Crippen molar-refractivity contribution in [1.82, 2.24) is 0 Å². The number of carbonyl (C=O) groups is 2. The number of aryl methyl sites for hydroxylation is 1. The van der Waals surface area contributed by atoms with Crippen LogP contribution in [0.25, 0.3) is 0 Å². The molecule has 2 rings (SSSR count). The summed E-state index contributed by atoms with van der Waals surface area (Å²) in [4.78, 5) is 23.4. The van der Waals surface area contributed by atoms with E-state index in [2.05, 4.69) is 6.58 Å². The summed E-state index contributed by atoms with van der Waals surface area (Å²) in [5, 5.41) is 0. The number of Topliss-reactive ketones (excluding diaryl/α,β-unsaturated/α-hetero) is 1. The number of furan rings is 1. The summed E-state index contributed by atoms with van der Waals surface area (Å²) in [6.07, 6.45) is 5.50. The maximum Gasteiger partial charge on any atom is 0.321 e. The minimum absolute atomic E-state index is 0.108. The van der Waals surface area contributed by atoms with E-state index in [-0.39, 0.29) is 12.4 Å². The Morgan fingerprint density at radius 2 is 2.38 bits per heavy atom. The van der Waals surface area contributed by atoms with Gasteiger partial charge in [-0.15, -0.1) is 0 Å². The van der Waals surface area contributed by atoms with Crippen LogP contribution in [0.1, 0.15) is 23.5 Å². The van der Waals surface area contributed by atoms with E-state index in [1.54, 1.807) is 6.26 Å². The number of ketones is 1. The van der Waals surface area contributed by atoms with E-state index in [9.17, 15) is 9.59 Å². The summed E-state index contributed by atoms with van der Waals surface area (Å²) >= 11 is 0. The molecule has 4 nitrogen and oxygen atoms in total. The molecule has 0 aliphatic heterocycles. The lowest BCUT2D eigenvalue weighted by Gasteiger charge is -2.18. The third-order valence-corrected chi connectivity index (χ3v) is 2.63. The average molecular weight is 220 g/mol. The Bertz CT molecular complexity index is 430. The van der Waals surface area contributed by atoms with Crippen LogP contribution in [-0.4, -0.2) is 18.4 Å². The molecule has 0 aromatic carbocycles. The number of rotatable bonds is 3. The number of carbonyl (C=O) groups excluding carboxylic acids is 2. The maximum absolute atomic E-state index is 11.7. The van der Waals surface area contributed by atoms with Crippen LogP contribution in [0.2, 0.25) is 0 Å². The van der Waals surface area contributed by atoms with Gasteiger partial charge in [0.15, 0.2) is 5.78 Å². The van der Waals surface area contributed by atoms with Gasteiger partial charge in [-0.25, -0.2) is 0 Å². The topological polar surface area (TPSA) is 56.5 Å². The molecule has 0 spiro atoms. The molecule has 16 heavy (non-hydrogen) atoms. The fourth-order valence-electron chi connectivity index (χ4n) is 1.85. The standard InChI is InChI=1S/C12H12O4/c1-2-5-16-12(14)11-9-7-15-6-8(9)3-4-10(11)13/h2,6-7,11H,1,3-5H2. The Balaban J connectivity index is 2.23. The van der Waals surface area contributed by atoms with Gasteiger partial charge in [-0.3, -0.25) is 9.59 Å². The van der Waals surface area contributed by atoms with Crippen molar-refractivity contribution in [3.63, 3.8) is 0 Å². The Labute approximate surface area is 92.9 Å². The van der Waals surface area contributed by atoms with E-state index in [1.165, 1.54) is 12.3 Å². The zero-order chi connectivity index (χ0) is 11.5. The van der Waals surface area contributed by atoms with Gasteiger partial charge < -0.3 is 9.15 Å².